The fourth-order valence-corrected chi connectivity index (χ4v) is 2.18. The maximum absolute atomic E-state index is 9.58. The van der Waals surface area contributed by atoms with Gasteiger partial charge in [-0.3, -0.25) is 0 Å². The maximum atomic E-state index is 9.58. The van der Waals surface area contributed by atoms with Crippen molar-refractivity contribution in [1.82, 2.24) is 0 Å². The van der Waals surface area contributed by atoms with Gasteiger partial charge in [-0.05, 0) is 17.7 Å². The van der Waals surface area contributed by atoms with E-state index in [0.717, 1.165) is 0 Å². The van der Waals surface area contributed by atoms with Crippen LogP contribution in [0.1, 0.15) is 5.56 Å². The third kappa shape index (κ3) is 1.28. The van der Waals surface area contributed by atoms with Crippen molar-refractivity contribution in [2.75, 3.05) is 0 Å². The highest BCUT2D eigenvalue weighted by Crippen LogP contribution is 2.37. The van der Waals surface area contributed by atoms with Crippen LogP contribution in [0.15, 0.2) is 17.5 Å². The lowest BCUT2D eigenvalue weighted by Gasteiger charge is -1.99. The summed E-state index contributed by atoms with van der Waals surface area (Å²) in [6, 6.07) is 5.28. The lowest BCUT2D eigenvalue weighted by Crippen LogP contribution is -1.80. The Bertz CT molecular complexity index is 525. The minimum absolute atomic E-state index is 0.123. The Hall–Kier alpha value is -1.73. The molecule has 0 spiro atoms. The van der Waals surface area contributed by atoms with E-state index in [9.17, 15) is 10.2 Å². The highest BCUT2D eigenvalue weighted by Gasteiger charge is 2.08. The summed E-state index contributed by atoms with van der Waals surface area (Å²) in [5.41, 5.74) is 0.714. The number of phenols is 1. The Kier molecular flexibility index (Phi) is 2.02. The molecule has 2 N–H and O–H groups in total. The van der Waals surface area contributed by atoms with Crippen molar-refractivity contribution in [2.45, 2.75) is 6.42 Å². The molecule has 2 rings (SSSR count). The Balaban J connectivity index is 2.70. The second-order valence-electron chi connectivity index (χ2n) is 2.95. The summed E-state index contributed by atoms with van der Waals surface area (Å²) in [5, 5.41) is 29.7. The quantitative estimate of drug-likeness (QED) is 0.751. The van der Waals surface area contributed by atoms with Gasteiger partial charge in [-0.15, -0.1) is 11.3 Å². The van der Waals surface area contributed by atoms with E-state index in [1.807, 2.05) is 6.07 Å². The number of nitriles is 1. The van der Waals surface area contributed by atoms with Gasteiger partial charge in [0.15, 0.2) is 0 Å². The first-order valence-electron chi connectivity index (χ1n) is 4.01. The molecule has 3 nitrogen and oxygen atoms in total. The van der Waals surface area contributed by atoms with Gasteiger partial charge in [-0.2, -0.15) is 5.26 Å². The van der Waals surface area contributed by atoms with E-state index in [1.165, 1.54) is 11.3 Å². The summed E-state index contributed by atoms with van der Waals surface area (Å²) in [6.07, 6.45) is 0.235. The third-order valence-corrected chi connectivity index (χ3v) is 2.98. The molecule has 1 aromatic heterocycles. The smallest absolute Gasteiger partial charge is 0.134 e. The SMILES string of the molecule is N#CCc1cc(O)c2scc(O)c2c1. The number of hydrogen-bond acceptors (Lipinski definition) is 4. The average Bonchev–Trinajstić information content (AvgIpc) is 2.49. The second-order valence-corrected chi connectivity index (χ2v) is 3.83. The van der Waals surface area contributed by atoms with Gasteiger partial charge in [0.1, 0.15) is 11.5 Å². The molecule has 0 aliphatic carbocycles. The van der Waals surface area contributed by atoms with Gasteiger partial charge in [-0.25, -0.2) is 0 Å². The molecule has 0 amide bonds. The molecule has 0 unspecified atom stereocenters. The largest absolute Gasteiger partial charge is 0.506 e. The molecule has 0 saturated heterocycles. The van der Waals surface area contributed by atoms with E-state index in [-0.39, 0.29) is 17.9 Å². The maximum Gasteiger partial charge on any atom is 0.134 e. The van der Waals surface area contributed by atoms with Crippen molar-refractivity contribution in [1.29, 1.82) is 5.26 Å². The summed E-state index contributed by atoms with van der Waals surface area (Å²) >= 11 is 1.28. The molecule has 0 atom stereocenters. The minimum atomic E-state index is 0.123. The first kappa shape index (κ1) is 8.85. The van der Waals surface area contributed by atoms with E-state index >= 15 is 0 Å². The number of nitrogens with zero attached hydrogens (tertiary/aromatic N) is 1. The second kappa shape index (κ2) is 3.20. The van der Waals surface area contributed by atoms with Gasteiger partial charge in [-0.1, -0.05) is 0 Å². The van der Waals surface area contributed by atoms with Crippen LogP contribution in [-0.4, -0.2) is 10.2 Å². The Morgan fingerprint density at radius 3 is 2.79 bits per heavy atom. The summed E-state index contributed by atoms with van der Waals surface area (Å²) in [6.45, 7) is 0. The zero-order chi connectivity index (χ0) is 10.1. The number of hydrogen-bond donors (Lipinski definition) is 2. The monoisotopic (exact) mass is 205 g/mol. The van der Waals surface area contributed by atoms with Crippen LogP contribution in [0, 0.1) is 11.3 Å². The van der Waals surface area contributed by atoms with Crippen molar-refractivity contribution in [3.05, 3.63) is 23.1 Å². The molecule has 14 heavy (non-hydrogen) atoms. The van der Waals surface area contributed by atoms with Gasteiger partial charge < -0.3 is 10.2 Å². The van der Waals surface area contributed by atoms with Crippen molar-refractivity contribution < 1.29 is 10.2 Å². The lowest BCUT2D eigenvalue weighted by atomic mass is 10.1. The number of thiophene rings is 1. The number of phenolic OH excluding ortho intramolecular Hbond substituents is 1. The molecule has 70 valence electrons. The average molecular weight is 205 g/mol. The number of aromatic hydroxyl groups is 2. The van der Waals surface area contributed by atoms with Gasteiger partial charge >= 0.3 is 0 Å². The van der Waals surface area contributed by atoms with Crippen molar-refractivity contribution in [3.8, 4) is 17.6 Å². The standard InChI is InChI=1S/C10H7NO2S/c11-2-1-6-3-7-9(13)5-14-10(7)8(12)4-6/h3-5,12-13H,1H2. The zero-order valence-corrected chi connectivity index (χ0v) is 8.01. The topological polar surface area (TPSA) is 64.2 Å². The van der Waals surface area contributed by atoms with Crippen molar-refractivity contribution >= 4 is 21.4 Å². The van der Waals surface area contributed by atoms with Crippen LogP contribution in [0.2, 0.25) is 0 Å². The summed E-state index contributed by atoms with van der Waals surface area (Å²) in [4.78, 5) is 0. The van der Waals surface area contributed by atoms with Crippen LogP contribution >= 0.6 is 11.3 Å². The summed E-state index contributed by atoms with van der Waals surface area (Å²) in [5.74, 6) is 0.276. The van der Waals surface area contributed by atoms with Crippen molar-refractivity contribution in [3.63, 3.8) is 0 Å². The molecule has 1 heterocycles. The number of rotatable bonds is 1. The molecule has 0 radical (unpaired) electrons. The highest BCUT2D eigenvalue weighted by atomic mass is 32.1. The first-order valence-corrected chi connectivity index (χ1v) is 4.89. The molecule has 0 aliphatic rings. The number of fused-ring (bicyclic) bond motifs is 1. The Morgan fingerprint density at radius 1 is 1.29 bits per heavy atom. The molecule has 2 aromatic rings. The normalized spacial score (nSPS) is 10.2. The molecular weight excluding hydrogens is 198 g/mol. The number of benzene rings is 1. The zero-order valence-electron chi connectivity index (χ0n) is 7.19. The van der Waals surface area contributed by atoms with E-state index in [1.54, 1.807) is 17.5 Å². The summed E-state index contributed by atoms with van der Waals surface area (Å²) in [7, 11) is 0. The molecule has 0 saturated carbocycles. The van der Waals surface area contributed by atoms with E-state index in [2.05, 4.69) is 0 Å². The van der Waals surface area contributed by atoms with Gasteiger partial charge in [0, 0.05) is 10.8 Å². The predicted molar refractivity (Wildman–Crippen MR) is 54.5 cm³/mol. The summed E-state index contributed by atoms with van der Waals surface area (Å²) < 4.78 is 0.657. The molecular formula is C10H7NO2S. The molecule has 0 bridgehead atoms. The van der Waals surface area contributed by atoms with Crippen LogP contribution in [-0.2, 0) is 6.42 Å². The fourth-order valence-electron chi connectivity index (χ4n) is 1.36. The predicted octanol–water partition coefficient (Wildman–Crippen LogP) is 2.38. The lowest BCUT2D eigenvalue weighted by molar-refractivity contribution is 0.478. The fraction of sp³-hybridized carbons (Fsp3) is 0.100. The minimum Gasteiger partial charge on any atom is -0.506 e. The first-order chi connectivity index (χ1) is 6.72. The van der Waals surface area contributed by atoms with Crippen LogP contribution in [0.3, 0.4) is 0 Å². The highest BCUT2D eigenvalue weighted by molar-refractivity contribution is 7.18. The van der Waals surface area contributed by atoms with Crippen molar-refractivity contribution in [2.24, 2.45) is 0 Å². The molecule has 0 aliphatic heterocycles. The Labute approximate surface area is 84.5 Å². The van der Waals surface area contributed by atoms with E-state index < -0.39 is 0 Å². The van der Waals surface area contributed by atoms with E-state index in [4.69, 9.17) is 5.26 Å². The van der Waals surface area contributed by atoms with Crippen LogP contribution < -0.4 is 0 Å². The van der Waals surface area contributed by atoms with Crippen LogP contribution in [0.5, 0.6) is 11.5 Å². The van der Waals surface area contributed by atoms with E-state index in [0.29, 0.717) is 15.6 Å². The Morgan fingerprint density at radius 2 is 2.07 bits per heavy atom. The molecule has 0 fully saturated rings. The molecule has 1 aromatic carbocycles. The molecule has 4 heteroatoms. The third-order valence-electron chi connectivity index (χ3n) is 1.98. The van der Waals surface area contributed by atoms with Gasteiger partial charge in [0.05, 0.1) is 17.2 Å². The van der Waals surface area contributed by atoms with Crippen LogP contribution in [0.4, 0.5) is 0 Å². The van der Waals surface area contributed by atoms with Crippen LogP contribution in [0.25, 0.3) is 10.1 Å². The van der Waals surface area contributed by atoms with Gasteiger partial charge in [0.25, 0.3) is 0 Å². The van der Waals surface area contributed by atoms with Gasteiger partial charge in [0.2, 0.25) is 0 Å².